The molecule has 1 saturated heterocycles. The first-order valence-electron chi connectivity index (χ1n) is 16.7. The Labute approximate surface area is 280 Å². The average Bonchev–Trinajstić information content (AvgIpc) is 3.44. The number of hydrazine groups is 1. The minimum Gasteiger partial charge on any atom is -0.396 e. The van der Waals surface area contributed by atoms with Crippen molar-refractivity contribution in [2.24, 2.45) is 11.6 Å². The molecule has 7 N–H and O–H groups in total. The number of anilines is 1. The van der Waals surface area contributed by atoms with Crippen LogP contribution in [0.1, 0.15) is 70.6 Å². The Morgan fingerprint density at radius 3 is 2.34 bits per heavy atom. The molecule has 4 unspecified atom stereocenters. The maximum atomic E-state index is 13.7. The van der Waals surface area contributed by atoms with E-state index in [4.69, 9.17) is 25.8 Å². The van der Waals surface area contributed by atoms with Crippen LogP contribution >= 0.6 is 0 Å². The van der Waals surface area contributed by atoms with Crippen LogP contribution in [0.3, 0.4) is 0 Å². The summed E-state index contributed by atoms with van der Waals surface area (Å²) in [6.45, 7) is 11.8. The third kappa shape index (κ3) is 9.99. The van der Waals surface area contributed by atoms with Crippen LogP contribution in [0.25, 0.3) is 11.4 Å². The second-order valence-corrected chi connectivity index (χ2v) is 10.6. The third-order valence-corrected chi connectivity index (χ3v) is 7.84. The van der Waals surface area contributed by atoms with E-state index in [0.717, 1.165) is 11.1 Å². The molecule has 0 bridgehead atoms. The van der Waals surface area contributed by atoms with Gasteiger partial charge in [0.1, 0.15) is 18.4 Å². The summed E-state index contributed by atoms with van der Waals surface area (Å²) in [4.78, 5) is 27.8. The summed E-state index contributed by atoms with van der Waals surface area (Å²) in [6.07, 6.45) is -1.11. The average molecular weight is 657 g/mol. The number of hydrogen-bond donors (Lipinski definition) is 5. The van der Waals surface area contributed by atoms with Gasteiger partial charge in [-0.3, -0.25) is 19.9 Å². The highest BCUT2D eigenvalue weighted by atomic mass is 16.5. The molecule has 12 heteroatoms. The Morgan fingerprint density at radius 2 is 1.68 bits per heavy atom. The number of para-hydroxylation sites is 1. The first-order valence-corrected chi connectivity index (χ1v) is 16.7. The fourth-order valence-corrected chi connectivity index (χ4v) is 5.59. The summed E-state index contributed by atoms with van der Waals surface area (Å²) < 4.78 is 16.3. The SMILES string of the molecule is CC.CC.CCC1OC(NC)C(N(N)/C2=C(\N)c3ccccc3N(C(=O)CCC(=O)NCCOCCOC)Cc3ccccc32)C1O. The van der Waals surface area contributed by atoms with Crippen LogP contribution in [0.15, 0.2) is 48.5 Å². The summed E-state index contributed by atoms with van der Waals surface area (Å²) in [5.74, 6) is 6.39. The highest BCUT2D eigenvalue weighted by molar-refractivity contribution is 6.01. The molecule has 0 radical (unpaired) electrons. The molecule has 4 rings (SSSR count). The van der Waals surface area contributed by atoms with E-state index in [1.54, 1.807) is 19.1 Å². The quantitative estimate of drug-likeness (QED) is 0.123. The van der Waals surface area contributed by atoms with E-state index in [1.807, 2.05) is 83.1 Å². The lowest BCUT2D eigenvalue weighted by molar-refractivity contribution is -0.125. The molecule has 4 atom stereocenters. The zero-order chi connectivity index (χ0) is 34.9. The molecule has 2 aliphatic heterocycles. The Morgan fingerprint density at radius 1 is 1.02 bits per heavy atom. The zero-order valence-corrected chi connectivity index (χ0v) is 29.1. The fourth-order valence-electron chi connectivity index (χ4n) is 5.59. The van der Waals surface area contributed by atoms with E-state index in [1.165, 1.54) is 5.01 Å². The molecule has 0 aliphatic carbocycles. The van der Waals surface area contributed by atoms with Crippen molar-refractivity contribution in [1.82, 2.24) is 15.6 Å². The van der Waals surface area contributed by atoms with Crippen LogP contribution in [0, 0.1) is 0 Å². The Bertz CT molecular complexity index is 1290. The number of aliphatic hydroxyl groups is 1. The van der Waals surface area contributed by atoms with Gasteiger partial charge in [-0.25, -0.2) is 5.84 Å². The van der Waals surface area contributed by atoms with Gasteiger partial charge in [-0.15, -0.1) is 0 Å². The molecule has 262 valence electrons. The minimum atomic E-state index is -0.860. The van der Waals surface area contributed by atoms with Gasteiger partial charge in [0.2, 0.25) is 11.8 Å². The van der Waals surface area contributed by atoms with E-state index in [0.29, 0.717) is 55.4 Å². The second kappa shape index (κ2) is 20.7. The van der Waals surface area contributed by atoms with Gasteiger partial charge in [0.05, 0.1) is 49.6 Å². The Balaban J connectivity index is 0.00000185. The van der Waals surface area contributed by atoms with Crippen molar-refractivity contribution in [3.8, 4) is 0 Å². The molecule has 12 nitrogen and oxygen atoms in total. The summed E-state index contributed by atoms with van der Waals surface area (Å²) >= 11 is 0. The van der Waals surface area contributed by atoms with Crippen molar-refractivity contribution >= 4 is 28.9 Å². The van der Waals surface area contributed by atoms with Gasteiger partial charge in [0.15, 0.2) is 0 Å². The summed E-state index contributed by atoms with van der Waals surface area (Å²) in [5, 5.41) is 18.6. The number of fused-ring (bicyclic) bond motifs is 2. The van der Waals surface area contributed by atoms with Gasteiger partial charge < -0.3 is 35.3 Å². The molecule has 2 aromatic carbocycles. The smallest absolute Gasteiger partial charge is 0.227 e. The molecular weight excluding hydrogens is 600 g/mol. The standard InChI is InChI=1S/C31H44N6O6.2C2H6/c1-4-24-30(40)29(31(34-2)43-24)37(33)28-21-10-6-5-9-20(21)19-36(23-12-8-7-11-22(23)27(28)32)26(39)14-13-25(38)35-15-16-42-18-17-41-3;2*1-2/h5-12,24,29-31,34,40H,4,13-19,32-33H2,1-3H3,(H,35,38);2*1-2H3/b28-27-;;. The number of amides is 2. The minimum absolute atomic E-state index is 0.0141. The van der Waals surface area contributed by atoms with Crippen LogP contribution in [0.2, 0.25) is 0 Å². The number of rotatable bonds is 13. The lowest BCUT2D eigenvalue weighted by atomic mass is 9.94. The lowest BCUT2D eigenvalue weighted by Crippen LogP contribution is -2.54. The first-order chi connectivity index (χ1) is 22.8. The molecule has 1 fully saturated rings. The van der Waals surface area contributed by atoms with Crippen molar-refractivity contribution < 1.29 is 28.9 Å². The van der Waals surface area contributed by atoms with Crippen LogP contribution in [0.4, 0.5) is 5.69 Å². The lowest BCUT2D eigenvalue weighted by Gasteiger charge is -2.37. The molecule has 0 spiro atoms. The maximum Gasteiger partial charge on any atom is 0.227 e. The number of ether oxygens (including phenoxy) is 3. The van der Waals surface area contributed by atoms with Gasteiger partial charge in [-0.05, 0) is 25.1 Å². The van der Waals surface area contributed by atoms with Gasteiger partial charge in [0, 0.05) is 37.6 Å². The van der Waals surface area contributed by atoms with Crippen molar-refractivity contribution in [2.45, 2.75) is 84.9 Å². The molecule has 0 saturated carbocycles. The number of nitrogens with one attached hydrogen (secondary N) is 2. The number of carbonyl (C=O) groups excluding carboxylic acids is 2. The van der Waals surface area contributed by atoms with Crippen LogP contribution in [0.5, 0.6) is 0 Å². The summed E-state index contributed by atoms with van der Waals surface area (Å²) in [5.41, 5.74) is 10.6. The predicted molar refractivity (Wildman–Crippen MR) is 187 cm³/mol. The third-order valence-electron chi connectivity index (χ3n) is 7.84. The van der Waals surface area contributed by atoms with Crippen molar-refractivity contribution in [3.63, 3.8) is 0 Å². The number of nitrogens with zero attached hydrogens (tertiary/aromatic N) is 2. The highest BCUT2D eigenvalue weighted by Crippen LogP contribution is 2.39. The van der Waals surface area contributed by atoms with Crippen LogP contribution in [-0.2, 0) is 30.3 Å². The number of benzene rings is 2. The summed E-state index contributed by atoms with van der Waals surface area (Å²) in [7, 11) is 3.36. The largest absolute Gasteiger partial charge is 0.396 e. The maximum absolute atomic E-state index is 13.7. The van der Waals surface area contributed by atoms with E-state index in [-0.39, 0.29) is 37.3 Å². The molecule has 2 aliphatic rings. The summed E-state index contributed by atoms with van der Waals surface area (Å²) in [6, 6.07) is 14.3. The number of likely N-dealkylation sites (N-methyl/N-ethyl adjacent to an activating group) is 1. The Kier molecular flexibility index (Phi) is 17.4. The normalized spacial score (nSPS) is 21.5. The van der Waals surface area contributed by atoms with Crippen LogP contribution < -0.4 is 27.1 Å². The number of nitrogens with two attached hydrogens (primary N) is 2. The van der Waals surface area contributed by atoms with Crippen molar-refractivity contribution in [1.29, 1.82) is 0 Å². The number of aliphatic hydroxyl groups excluding tert-OH is 1. The van der Waals surface area contributed by atoms with Gasteiger partial charge in [0.25, 0.3) is 0 Å². The van der Waals surface area contributed by atoms with Gasteiger partial charge in [-0.1, -0.05) is 77.1 Å². The fraction of sp³-hybridized carbons (Fsp3) is 0.543. The van der Waals surface area contributed by atoms with Gasteiger partial charge >= 0.3 is 0 Å². The molecule has 2 aromatic rings. The molecule has 2 heterocycles. The first kappa shape index (κ1) is 39.7. The van der Waals surface area contributed by atoms with Gasteiger partial charge in [-0.2, -0.15) is 0 Å². The van der Waals surface area contributed by atoms with Crippen molar-refractivity contribution in [3.05, 3.63) is 65.2 Å². The molecule has 47 heavy (non-hydrogen) atoms. The number of carbonyl (C=O) groups is 2. The molecular formula is C35H56N6O6. The Hall–Kier alpha value is -3.52. The zero-order valence-electron chi connectivity index (χ0n) is 29.1. The van der Waals surface area contributed by atoms with E-state index < -0.39 is 18.4 Å². The van der Waals surface area contributed by atoms with E-state index >= 15 is 0 Å². The van der Waals surface area contributed by atoms with Crippen LogP contribution in [-0.4, -0.2) is 86.9 Å². The predicted octanol–water partition coefficient (Wildman–Crippen LogP) is 3.19. The van der Waals surface area contributed by atoms with E-state index in [9.17, 15) is 14.7 Å². The highest BCUT2D eigenvalue weighted by Gasteiger charge is 2.46. The monoisotopic (exact) mass is 656 g/mol. The molecule has 2 amide bonds. The topological polar surface area (TPSA) is 165 Å². The second-order valence-electron chi connectivity index (χ2n) is 10.6. The molecule has 0 aromatic heterocycles. The number of hydrogen-bond acceptors (Lipinski definition) is 10. The van der Waals surface area contributed by atoms with E-state index in [2.05, 4.69) is 10.6 Å². The van der Waals surface area contributed by atoms with Crippen molar-refractivity contribution in [2.75, 3.05) is 45.4 Å². The number of methoxy groups -OCH3 is 1.